The van der Waals surface area contributed by atoms with E-state index < -0.39 is 64.1 Å². The van der Waals surface area contributed by atoms with Gasteiger partial charge in [0.25, 0.3) is 0 Å². The third kappa shape index (κ3) is 7.96. The van der Waals surface area contributed by atoms with Crippen LogP contribution in [0.1, 0.15) is 53.9 Å². The molecule has 2 N–H and O–H groups in total. The van der Waals surface area contributed by atoms with Gasteiger partial charge in [0.2, 0.25) is 0 Å². The highest BCUT2D eigenvalue weighted by Gasteiger charge is 2.52. The lowest BCUT2D eigenvalue weighted by molar-refractivity contribution is -0.134. The fourth-order valence-electron chi connectivity index (χ4n) is 2.84. The molecule has 0 aromatic rings. The minimum atomic E-state index is -6.07. The molecule has 1 aliphatic rings. The number of carboxylic acids is 1. The van der Waals surface area contributed by atoms with Crippen molar-refractivity contribution in [1.29, 1.82) is 0 Å². The van der Waals surface area contributed by atoms with Crippen LogP contribution < -0.4 is 5.32 Å². The largest absolute Gasteiger partial charge is 0.523 e. The number of carbonyl (C=O) groups is 2. The zero-order valence-corrected chi connectivity index (χ0v) is 18.7. The van der Waals surface area contributed by atoms with E-state index >= 15 is 0 Å². The van der Waals surface area contributed by atoms with Crippen molar-refractivity contribution in [2.45, 2.75) is 89.3 Å². The van der Waals surface area contributed by atoms with Crippen molar-refractivity contribution in [2.75, 3.05) is 0 Å². The number of hydrogen-bond acceptors (Lipinski definition) is 7. The van der Waals surface area contributed by atoms with Gasteiger partial charge in [-0.3, -0.25) is 4.18 Å². The second kappa shape index (κ2) is 10.2. The van der Waals surface area contributed by atoms with Crippen LogP contribution in [0.2, 0.25) is 0 Å². The Morgan fingerprint density at radius 2 is 1.77 bits per heavy atom. The zero-order valence-electron chi connectivity index (χ0n) is 17.9. The summed E-state index contributed by atoms with van der Waals surface area (Å²) in [6.07, 6.45) is -3.61. The molecule has 0 saturated heterocycles. The normalized spacial score (nSPS) is 22.7. The van der Waals surface area contributed by atoms with E-state index in [-0.39, 0.29) is 5.57 Å². The minimum Gasteiger partial charge on any atom is -0.478 e. The third-order valence-electron chi connectivity index (χ3n) is 4.28. The number of aliphatic carboxylic acids is 1. The molecular weight excluding hydrogens is 447 g/mol. The van der Waals surface area contributed by atoms with Gasteiger partial charge in [-0.1, -0.05) is 13.8 Å². The average molecular weight is 475 g/mol. The lowest BCUT2D eigenvalue weighted by Crippen LogP contribution is -2.55. The van der Waals surface area contributed by atoms with E-state index in [1.807, 2.05) is 0 Å². The number of halogens is 3. The molecule has 1 amide bonds. The molecule has 0 aliphatic heterocycles. The Morgan fingerprint density at radius 1 is 1.23 bits per heavy atom. The number of ether oxygens (including phenoxy) is 2. The van der Waals surface area contributed by atoms with Crippen molar-refractivity contribution in [2.24, 2.45) is 0 Å². The van der Waals surface area contributed by atoms with Gasteiger partial charge in [-0.2, -0.15) is 21.6 Å². The lowest BCUT2D eigenvalue weighted by atomic mass is 9.90. The highest BCUT2D eigenvalue weighted by molar-refractivity contribution is 7.87. The molecule has 0 spiro atoms. The van der Waals surface area contributed by atoms with Gasteiger partial charge < -0.3 is 19.9 Å². The van der Waals surface area contributed by atoms with E-state index in [0.717, 1.165) is 6.08 Å². The molecule has 0 fully saturated rings. The number of hydrogen-bond donors (Lipinski definition) is 2. The smallest absolute Gasteiger partial charge is 0.478 e. The van der Waals surface area contributed by atoms with Gasteiger partial charge in [0.15, 0.2) is 0 Å². The Kier molecular flexibility index (Phi) is 8.92. The maximum Gasteiger partial charge on any atom is 0.523 e. The average Bonchev–Trinajstić information content (AvgIpc) is 2.58. The van der Waals surface area contributed by atoms with Crippen LogP contribution in [-0.4, -0.2) is 61.0 Å². The van der Waals surface area contributed by atoms with Crippen LogP contribution in [0.5, 0.6) is 0 Å². The second-order valence-corrected chi connectivity index (χ2v) is 9.52. The quantitative estimate of drug-likeness (QED) is 0.405. The summed E-state index contributed by atoms with van der Waals surface area (Å²) in [6.45, 7) is 8.08. The van der Waals surface area contributed by atoms with Crippen LogP contribution in [0.15, 0.2) is 11.6 Å². The van der Waals surface area contributed by atoms with Gasteiger partial charge in [-0.05, 0) is 39.7 Å². The van der Waals surface area contributed by atoms with Crippen LogP contribution in [-0.2, 0) is 28.6 Å². The van der Waals surface area contributed by atoms with Crippen LogP contribution in [0.25, 0.3) is 0 Å². The van der Waals surface area contributed by atoms with Crippen molar-refractivity contribution in [3.63, 3.8) is 0 Å². The maximum atomic E-state index is 13.0. The fourth-order valence-corrected chi connectivity index (χ4v) is 3.48. The van der Waals surface area contributed by atoms with Gasteiger partial charge in [-0.25, -0.2) is 9.59 Å². The van der Waals surface area contributed by atoms with Crippen molar-refractivity contribution in [1.82, 2.24) is 5.32 Å². The van der Waals surface area contributed by atoms with Crippen molar-refractivity contribution >= 4 is 22.2 Å². The Balaban J connectivity index is 3.38. The fraction of sp³-hybridized carbons (Fsp3) is 0.778. The molecule has 13 heteroatoms. The van der Waals surface area contributed by atoms with E-state index in [4.69, 9.17) is 9.47 Å². The van der Waals surface area contributed by atoms with Gasteiger partial charge in [0.05, 0.1) is 12.1 Å². The van der Waals surface area contributed by atoms with E-state index in [2.05, 4.69) is 9.50 Å². The van der Waals surface area contributed by atoms with E-state index in [0.29, 0.717) is 12.8 Å². The molecule has 0 heterocycles. The van der Waals surface area contributed by atoms with Crippen molar-refractivity contribution in [3.8, 4) is 0 Å². The summed E-state index contributed by atoms with van der Waals surface area (Å²) in [4.78, 5) is 23.7. The SMILES string of the molecule is CCC(CC)O[C@@H]1C=C(C(=O)O)C[C@H](NC(=O)OC(C)(C)C)[C@@H]1OS(=O)(=O)C(F)(F)F. The molecule has 0 radical (unpaired) electrons. The lowest BCUT2D eigenvalue weighted by Gasteiger charge is -2.37. The molecule has 0 bridgehead atoms. The first-order chi connectivity index (χ1) is 14.0. The molecule has 3 atom stereocenters. The molecule has 0 aromatic heterocycles. The summed E-state index contributed by atoms with van der Waals surface area (Å²) in [6, 6.07) is -1.48. The van der Waals surface area contributed by atoms with Crippen LogP contribution in [0, 0.1) is 0 Å². The first-order valence-corrected chi connectivity index (χ1v) is 11.0. The van der Waals surface area contributed by atoms with Gasteiger partial charge in [0.1, 0.15) is 17.8 Å². The maximum absolute atomic E-state index is 13.0. The molecular formula is C18H28F3NO8S. The summed E-state index contributed by atoms with van der Waals surface area (Å²) in [5, 5.41) is 11.6. The topological polar surface area (TPSA) is 128 Å². The highest BCUT2D eigenvalue weighted by atomic mass is 32.2. The third-order valence-corrected chi connectivity index (χ3v) is 5.33. The van der Waals surface area contributed by atoms with Gasteiger partial charge in [0, 0.05) is 12.0 Å². The molecule has 0 aromatic carbocycles. The predicted octanol–water partition coefficient (Wildman–Crippen LogP) is 3.10. The van der Waals surface area contributed by atoms with E-state index in [1.54, 1.807) is 13.8 Å². The van der Waals surface area contributed by atoms with Gasteiger partial charge in [-0.15, -0.1) is 0 Å². The second-order valence-electron chi connectivity index (χ2n) is 7.95. The van der Waals surface area contributed by atoms with Gasteiger partial charge >= 0.3 is 27.7 Å². The minimum absolute atomic E-state index is 0.277. The molecule has 1 rings (SSSR count). The number of alkyl halides is 3. The Labute approximate surface area is 179 Å². The summed E-state index contributed by atoms with van der Waals surface area (Å²) in [7, 11) is -6.07. The standard InChI is InChI=1S/C18H28F3NO8S/c1-6-11(7-2)28-13-9-10(15(23)24)8-12(22-16(25)29-17(3,4)5)14(13)30-31(26,27)18(19,20)21/h9,11-14H,6-8H2,1-5H3,(H,22,25)(H,23,24)/t12-,13+,14-/m0/s1. The highest BCUT2D eigenvalue weighted by Crippen LogP contribution is 2.32. The number of carbonyl (C=O) groups excluding carboxylic acids is 1. The number of nitrogens with one attached hydrogen (secondary N) is 1. The molecule has 0 unspecified atom stereocenters. The number of amides is 1. The summed E-state index contributed by atoms with van der Waals surface area (Å²) in [5.41, 5.74) is -6.97. The van der Waals surface area contributed by atoms with Crippen LogP contribution >= 0.6 is 0 Å². The van der Waals surface area contributed by atoms with Crippen LogP contribution in [0.4, 0.5) is 18.0 Å². The number of alkyl carbamates (subject to hydrolysis) is 1. The summed E-state index contributed by atoms with van der Waals surface area (Å²) >= 11 is 0. The van der Waals surface area contributed by atoms with Crippen molar-refractivity contribution < 1.29 is 49.9 Å². The molecule has 1 aliphatic carbocycles. The molecule has 180 valence electrons. The summed E-state index contributed by atoms with van der Waals surface area (Å²) < 4.78 is 77.4. The Morgan fingerprint density at radius 3 is 2.19 bits per heavy atom. The molecule has 31 heavy (non-hydrogen) atoms. The Hall–Kier alpha value is -1.86. The first-order valence-electron chi connectivity index (χ1n) is 9.59. The number of rotatable bonds is 8. The van der Waals surface area contributed by atoms with E-state index in [9.17, 15) is 36.3 Å². The zero-order chi connectivity index (χ0) is 24.2. The Bertz CT molecular complexity index is 785. The number of carboxylic acid groups (broad SMARTS) is 1. The van der Waals surface area contributed by atoms with E-state index in [1.165, 1.54) is 20.8 Å². The first kappa shape index (κ1) is 27.2. The molecule has 0 saturated carbocycles. The summed E-state index contributed by atoms with van der Waals surface area (Å²) in [5.74, 6) is -1.40. The van der Waals surface area contributed by atoms with Crippen molar-refractivity contribution in [3.05, 3.63) is 11.6 Å². The monoisotopic (exact) mass is 475 g/mol. The van der Waals surface area contributed by atoms with Crippen LogP contribution in [0.3, 0.4) is 0 Å². The molecule has 9 nitrogen and oxygen atoms in total. The predicted molar refractivity (Wildman–Crippen MR) is 103 cm³/mol.